The number of nitrogens with one attached hydrogen (secondary N) is 1. The quantitative estimate of drug-likeness (QED) is 0.444. The molecular formula is C23H13BrFN3O2S. The molecule has 3 heterocycles. The highest BCUT2D eigenvalue weighted by atomic mass is 79.9. The largest absolute Gasteiger partial charge is 0.457 e. The van der Waals surface area contributed by atoms with Gasteiger partial charge >= 0.3 is 0 Å². The number of furan rings is 1. The number of benzene rings is 2. The first kappa shape index (κ1) is 19.7. The molecule has 5 nitrogen and oxygen atoms in total. The lowest BCUT2D eigenvalue weighted by Gasteiger charge is -2.26. The molecular weight excluding hydrogens is 481 g/mol. The molecule has 1 aromatic heterocycles. The standard InChI is InChI=1S/C23H13BrFN3O2S/c24-15-5-1-14(2-6-15)20-10-9-17(30-20)11-18-21(26)28-19(12-31-23(28)27-22(18)29)13-3-7-16(25)8-4-13/h1-12,26H/b18-11-,26-21?. The zero-order chi connectivity index (χ0) is 21.5. The minimum Gasteiger partial charge on any atom is -0.457 e. The fraction of sp³-hybridized carbons (Fsp3) is 0. The van der Waals surface area contributed by atoms with Crippen LogP contribution in [0.5, 0.6) is 0 Å². The fourth-order valence-electron chi connectivity index (χ4n) is 3.27. The van der Waals surface area contributed by atoms with Gasteiger partial charge in [-0.15, -0.1) is 0 Å². The van der Waals surface area contributed by atoms with E-state index in [9.17, 15) is 9.18 Å². The minimum absolute atomic E-state index is 0.00262. The van der Waals surface area contributed by atoms with Crippen LogP contribution in [0.3, 0.4) is 0 Å². The topological polar surface area (TPSA) is 69.7 Å². The third-order valence-electron chi connectivity index (χ3n) is 4.80. The Morgan fingerprint density at radius 2 is 1.74 bits per heavy atom. The van der Waals surface area contributed by atoms with E-state index in [0.717, 1.165) is 15.6 Å². The molecule has 1 amide bonds. The molecule has 0 bridgehead atoms. The molecule has 0 fully saturated rings. The van der Waals surface area contributed by atoms with Crippen LogP contribution < -0.4 is 0 Å². The summed E-state index contributed by atoms with van der Waals surface area (Å²) in [6, 6.07) is 17.2. The molecule has 2 aromatic carbocycles. The monoisotopic (exact) mass is 493 g/mol. The van der Waals surface area contributed by atoms with Crippen molar-refractivity contribution >= 4 is 56.4 Å². The fourth-order valence-corrected chi connectivity index (χ4v) is 4.42. The van der Waals surface area contributed by atoms with Gasteiger partial charge in [-0.3, -0.25) is 15.1 Å². The molecule has 8 heteroatoms. The van der Waals surface area contributed by atoms with Gasteiger partial charge in [-0.1, -0.05) is 39.8 Å². The van der Waals surface area contributed by atoms with E-state index in [2.05, 4.69) is 20.9 Å². The van der Waals surface area contributed by atoms with Crippen LogP contribution >= 0.6 is 27.7 Å². The van der Waals surface area contributed by atoms with Crippen molar-refractivity contribution in [3.63, 3.8) is 0 Å². The Bertz CT molecular complexity index is 1310. The lowest BCUT2D eigenvalue weighted by atomic mass is 10.1. The summed E-state index contributed by atoms with van der Waals surface area (Å²) >= 11 is 4.66. The first-order chi connectivity index (χ1) is 15.0. The number of aliphatic imine (C=N–C) groups is 1. The molecule has 0 aliphatic carbocycles. The van der Waals surface area contributed by atoms with Crippen molar-refractivity contribution in [2.75, 3.05) is 0 Å². The smallest absolute Gasteiger partial charge is 0.283 e. The van der Waals surface area contributed by atoms with Crippen LogP contribution in [0.2, 0.25) is 0 Å². The van der Waals surface area contributed by atoms with Gasteiger partial charge in [0.1, 0.15) is 23.2 Å². The lowest BCUT2D eigenvalue weighted by Crippen LogP contribution is -2.38. The molecule has 5 rings (SSSR count). The molecule has 2 aliphatic rings. The maximum absolute atomic E-state index is 13.3. The lowest BCUT2D eigenvalue weighted by molar-refractivity contribution is -0.114. The van der Waals surface area contributed by atoms with Gasteiger partial charge in [0.15, 0.2) is 5.17 Å². The predicted octanol–water partition coefficient (Wildman–Crippen LogP) is 6.15. The van der Waals surface area contributed by atoms with Crippen molar-refractivity contribution < 1.29 is 13.6 Å². The maximum atomic E-state index is 13.3. The molecule has 3 aromatic rings. The maximum Gasteiger partial charge on any atom is 0.283 e. The number of amides is 1. The average Bonchev–Trinajstić information content (AvgIpc) is 3.40. The minimum atomic E-state index is -0.501. The van der Waals surface area contributed by atoms with E-state index in [1.54, 1.807) is 28.5 Å². The van der Waals surface area contributed by atoms with Gasteiger partial charge in [0.25, 0.3) is 5.91 Å². The molecule has 152 valence electrons. The molecule has 0 saturated carbocycles. The highest BCUT2D eigenvalue weighted by molar-refractivity contribution is 9.10. The SMILES string of the molecule is N=C1/C(=C/c2ccc(-c3ccc(Br)cc3)o2)C(=O)N=C2SC=C(c3ccc(F)cc3)N12. The molecule has 0 spiro atoms. The Morgan fingerprint density at radius 3 is 2.48 bits per heavy atom. The Balaban J connectivity index is 1.47. The number of amidine groups is 2. The third kappa shape index (κ3) is 3.68. The van der Waals surface area contributed by atoms with E-state index >= 15 is 0 Å². The molecule has 0 radical (unpaired) electrons. The van der Waals surface area contributed by atoms with Gasteiger partial charge in [-0.05, 0) is 60.2 Å². The first-order valence-electron chi connectivity index (χ1n) is 9.22. The number of carbonyl (C=O) groups is 1. The van der Waals surface area contributed by atoms with Crippen LogP contribution in [0.1, 0.15) is 11.3 Å². The van der Waals surface area contributed by atoms with E-state index in [1.165, 1.54) is 30.0 Å². The van der Waals surface area contributed by atoms with Crippen molar-refractivity contribution in [2.45, 2.75) is 0 Å². The van der Waals surface area contributed by atoms with Gasteiger partial charge in [0.05, 0.1) is 11.3 Å². The molecule has 2 aliphatic heterocycles. The van der Waals surface area contributed by atoms with Crippen molar-refractivity contribution in [2.24, 2.45) is 4.99 Å². The number of thioether (sulfide) groups is 1. The van der Waals surface area contributed by atoms with E-state index in [1.807, 2.05) is 30.3 Å². The molecule has 0 atom stereocenters. The molecule has 0 unspecified atom stereocenters. The Kier molecular flexibility index (Phi) is 4.95. The highest BCUT2D eigenvalue weighted by Crippen LogP contribution is 2.37. The van der Waals surface area contributed by atoms with E-state index < -0.39 is 5.91 Å². The van der Waals surface area contributed by atoms with Crippen molar-refractivity contribution in [1.29, 1.82) is 5.41 Å². The summed E-state index contributed by atoms with van der Waals surface area (Å²) < 4.78 is 20.2. The zero-order valence-corrected chi connectivity index (χ0v) is 18.2. The van der Waals surface area contributed by atoms with Crippen LogP contribution in [0.4, 0.5) is 4.39 Å². The Morgan fingerprint density at radius 1 is 1.03 bits per heavy atom. The van der Waals surface area contributed by atoms with Crippen LogP contribution in [-0.4, -0.2) is 21.8 Å². The number of fused-ring (bicyclic) bond motifs is 1. The number of halogens is 2. The molecule has 31 heavy (non-hydrogen) atoms. The second-order valence-corrected chi connectivity index (χ2v) is 8.53. The van der Waals surface area contributed by atoms with Crippen molar-refractivity contribution in [3.05, 3.63) is 93.3 Å². The number of nitrogens with zero attached hydrogens (tertiary/aromatic N) is 2. The van der Waals surface area contributed by atoms with Gasteiger partial charge < -0.3 is 4.42 Å². The summed E-state index contributed by atoms with van der Waals surface area (Å²) in [5, 5.41) is 10.9. The summed E-state index contributed by atoms with van der Waals surface area (Å²) in [6.45, 7) is 0. The average molecular weight is 494 g/mol. The van der Waals surface area contributed by atoms with Crippen molar-refractivity contribution in [1.82, 2.24) is 4.90 Å². The normalized spacial score (nSPS) is 17.1. The van der Waals surface area contributed by atoms with Crippen LogP contribution in [0, 0.1) is 11.2 Å². The summed E-state index contributed by atoms with van der Waals surface area (Å²) in [5.74, 6) is 0.259. The van der Waals surface area contributed by atoms with Gasteiger partial charge in [0.2, 0.25) is 0 Å². The predicted molar refractivity (Wildman–Crippen MR) is 124 cm³/mol. The van der Waals surface area contributed by atoms with Gasteiger partial charge in [-0.2, -0.15) is 4.99 Å². The zero-order valence-electron chi connectivity index (χ0n) is 15.8. The van der Waals surface area contributed by atoms with Crippen LogP contribution in [0.25, 0.3) is 23.1 Å². The highest BCUT2D eigenvalue weighted by Gasteiger charge is 2.36. The molecule has 0 saturated heterocycles. The first-order valence-corrected chi connectivity index (χ1v) is 10.9. The number of carbonyl (C=O) groups excluding carboxylic acids is 1. The Labute approximate surface area is 189 Å². The Hall–Kier alpha value is -3.23. The molecule has 1 N–H and O–H groups in total. The van der Waals surface area contributed by atoms with Crippen LogP contribution in [0.15, 0.2) is 85.5 Å². The van der Waals surface area contributed by atoms with E-state index in [-0.39, 0.29) is 17.2 Å². The van der Waals surface area contributed by atoms with Crippen LogP contribution in [-0.2, 0) is 4.79 Å². The van der Waals surface area contributed by atoms with Gasteiger partial charge in [-0.25, -0.2) is 4.39 Å². The van der Waals surface area contributed by atoms with E-state index in [0.29, 0.717) is 22.4 Å². The third-order valence-corrected chi connectivity index (χ3v) is 6.15. The number of hydrogen-bond acceptors (Lipinski definition) is 4. The second kappa shape index (κ2) is 7.79. The summed E-state index contributed by atoms with van der Waals surface area (Å²) in [7, 11) is 0. The summed E-state index contributed by atoms with van der Waals surface area (Å²) in [5.41, 5.74) is 2.42. The summed E-state index contributed by atoms with van der Waals surface area (Å²) in [4.78, 5) is 18.3. The van der Waals surface area contributed by atoms with Crippen molar-refractivity contribution in [3.8, 4) is 11.3 Å². The number of hydrogen-bond donors (Lipinski definition) is 1. The second-order valence-electron chi connectivity index (χ2n) is 6.78. The van der Waals surface area contributed by atoms with E-state index in [4.69, 9.17) is 9.83 Å². The summed E-state index contributed by atoms with van der Waals surface area (Å²) in [6.07, 6.45) is 1.53. The van der Waals surface area contributed by atoms with Gasteiger partial charge in [0, 0.05) is 15.4 Å². The number of rotatable bonds is 3.